The molecule has 2 aromatic rings. The van der Waals surface area contributed by atoms with Gasteiger partial charge in [0.05, 0.1) is 12.0 Å². The molecule has 5 nitrogen and oxygen atoms in total. The summed E-state index contributed by atoms with van der Waals surface area (Å²) in [5.41, 5.74) is 2.61. The lowest BCUT2D eigenvalue weighted by Gasteiger charge is -2.16. The quantitative estimate of drug-likeness (QED) is 0.336. The van der Waals surface area contributed by atoms with Crippen LogP contribution in [0.5, 0.6) is 11.5 Å². The lowest BCUT2D eigenvalue weighted by atomic mass is 10.0. The van der Waals surface area contributed by atoms with E-state index in [1.54, 1.807) is 25.3 Å². The first-order valence-electron chi connectivity index (χ1n) is 9.91. The highest BCUT2D eigenvalue weighted by Crippen LogP contribution is 2.37. The minimum Gasteiger partial charge on any atom is -0.493 e. The Morgan fingerprint density at radius 2 is 1.94 bits per heavy atom. The second kappa shape index (κ2) is 10.6. The average Bonchev–Trinajstić information content (AvgIpc) is 3.01. The number of carbonyl (C=O) groups excluding carboxylic acids is 2. The van der Waals surface area contributed by atoms with Crippen LogP contribution < -0.4 is 9.47 Å². The molecule has 2 aromatic carbocycles. The van der Waals surface area contributed by atoms with Crippen LogP contribution in [0.4, 0.5) is 4.79 Å². The number of hydrogen-bond donors (Lipinski definition) is 0. The smallest absolute Gasteiger partial charge is 0.293 e. The number of hydrogen-bond acceptors (Lipinski definition) is 5. The summed E-state index contributed by atoms with van der Waals surface area (Å²) in [7, 11) is 1.57. The summed E-state index contributed by atoms with van der Waals surface area (Å²) >= 11 is 6.91. The minimum atomic E-state index is -0.260. The summed E-state index contributed by atoms with van der Waals surface area (Å²) in [5.74, 6) is 0.907. The number of nitrogens with zero attached hydrogens (tertiary/aromatic N) is 1. The summed E-state index contributed by atoms with van der Waals surface area (Å²) in [6, 6.07) is 11.2. The largest absolute Gasteiger partial charge is 0.493 e. The van der Waals surface area contributed by atoms with E-state index in [4.69, 9.17) is 21.1 Å². The Labute approximate surface area is 191 Å². The molecule has 1 aliphatic heterocycles. The van der Waals surface area contributed by atoms with Crippen LogP contribution in [0.3, 0.4) is 0 Å². The molecule has 31 heavy (non-hydrogen) atoms. The summed E-state index contributed by atoms with van der Waals surface area (Å²) < 4.78 is 11.7. The molecule has 0 saturated carbocycles. The molecule has 0 N–H and O–H groups in total. The Morgan fingerprint density at radius 3 is 2.58 bits per heavy atom. The highest BCUT2D eigenvalue weighted by molar-refractivity contribution is 8.18. The lowest BCUT2D eigenvalue weighted by molar-refractivity contribution is -0.122. The predicted molar refractivity (Wildman–Crippen MR) is 126 cm³/mol. The zero-order valence-electron chi connectivity index (χ0n) is 17.5. The van der Waals surface area contributed by atoms with Gasteiger partial charge < -0.3 is 9.47 Å². The molecule has 1 heterocycles. The molecule has 0 bridgehead atoms. The van der Waals surface area contributed by atoms with Gasteiger partial charge in [-0.1, -0.05) is 36.7 Å². The highest BCUT2D eigenvalue weighted by atomic mass is 35.5. The molecule has 0 atom stereocenters. The molecule has 0 aliphatic carbocycles. The van der Waals surface area contributed by atoms with Crippen LogP contribution in [0.1, 0.15) is 30.0 Å². The second-order valence-electron chi connectivity index (χ2n) is 6.95. The maximum Gasteiger partial charge on any atom is 0.293 e. The molecule has 0 radical (unpaired) electrons. The maximum absolute atomic E-state index is 12.6. The van der Waals surface area contributed by atoms with Gasteiger partial charge in [0.15, 0.2) is 11.5 Å². The van der Waals surface area contributed by atoms with Crippen molar-refractivity contribution in [1.29, 1.82) is 0 Å². The van der Waals surface area contributed by atoms with Crippen LogP contribution in [-0.4, -0.2) is 29.7 Å². The van der Waals surface area contributed by atoms with Crippen LogP contribution in [0.2, 0.25) is 5.02 Å². The van der Waals surface area contributed by atoms with Gasteiger partial charge in [-0.15, -0.1) is 6.58 Å². The number of benzene rings is 2. The summed E-state index contributed by atoms with van der Waals surface area (Å²) in [5, 5.41) is 0.431. The zero-order valence-corrected chi connectivity index (χ0v) is 19.1. The van der Waals surface area contributed by atoms with Gasteiger partial charge in [0.25, 0.3) is 11.1 Å². The van der Waals surface area contributed by atoms with Crippen molar-refractivity contribution in [3.05, 3.63) is 75.7 Å². The number of carbonyl (C=O) groups is 2. The molecule has 0 unspecified atom stereocenters. The van der Waals surface area contributed by atoms with Gasteiger partial charge in [-0.2, -0.15) is 0 Å². The van der Waals surface area contributed by atoms with Crippen molar-refractivity contribution in [3.63, 3.8) is 0 Å². The van der Waals surface area contributed by atoms with E-state index in [-0.39, 0.29) is 11.1 Å². The summed E-state index contributed by atoms with van der Waals surface area (Å²) in [6.45, 7) is 6.54. The number of amides is 2. The lowest BCUT2D eigenvalue weighted by Crippen LogP contribution is -2.28. The number of rotatable bonds is 9. The summed E-state index contributed by atoms with van der Waals surface area (Å²) in [6.07, 6.45) is 4.79. The molecular formula is C24H24ClNO4S. The van der Waals surface area contributed by atoms with E-state index in [1.165, 1.54) is 4.90 Å². The average molecular weight is 458 g/mol. The predicted octanol–water partition coefficient (Wildman–Crippen LogP) is 6.10. The van der Waals surface area contributed by atoms with Crippen molar-refractivity contribution in [3.8, 4) is 11.5 Å². The topological polar surface area (TPSA) is 55.8 Å². The molecule has 1 aliphatic rings. The number of allylic oxidation sites excluding steroid dienone is 1. The molecule has 2 amide bonds. The fourth-order valence-corrected chi connectivity index (χ4v) is 4.18. The third-order valence-electron chi connectivity index (χ3n) is 4.65. The van der Waals surface area contributed by atoms with E-state index in [0.717, 1.165) is 34.9 Å². The monoisotopic (exact) mass is 457 g/mol. The number of halogens is 1. The molecule has 0 aromatic heterocycles. The third-order valence-corrected chi connectivity index (χ3v) is 5.81. The van der Waals surface area contributed by atoms with Gasteiger partial charge >= 0.3 is 0 Å². The van der Waals surface area contributed by atoms with E-state index in [0.29, 0.717) is 41.0 Å². The van der Waals surface area contributed by atoms with Gasteiger partial charge in [-0.3, -0.25) is 14.5 Å². The van der Waals surface area contributed by atoms with Crippen molar-refractivity contribution in [2.45, 2.75) is 26.4 Å². The first-order valence-corrected chi connectivity index (χ1v) is 11.1. The highest BCUT2D eigenvalue weighted by Gasteiger charge is 2.34. The minimum absolute atomic E-state index is 0.237. The van der Waals surface area contributed by atoms with Crippen LogP contribution in [-0.2, 0) is 17.8 Å². The van der Waals surface area contributed by atoms with E-state index in [1.807, 2.05) is 37.3 Å². The fourth-order valence-electron chi connectivity index (χ4n) is 3.19. The van der Waals surface area contributed by atoms with Crippen molar-refractivity contribution in [2.75, 3.05) is 13.7 Å². The van der Waals surface area contributed by atoms with Crippen molar-refractivity contribution >= 4 is 40.6 Å². The Morgan fingerprint density at radius 1 is 1.19 bits per heavy atom. The zero-order chi connectivity index (χ0) is 22.4. The number of imide groups is 1. The van der Waals surface area contributed by atoms with E-state index in [2.05, 4.69) is 6.58 Å². The van der Waals surface area contributed by atoms with Crippen LogP contribution >= 0.6 is 23.4 Å². The number of ether oxygens (including phenoxy) is 2. The first kappa shape index (κ1) is 23.0. The normalized spacial score (nSPS) is 14.9. The third kappa shape index (κ3) is 5.51. The van der Waals surface area contributed by atoms with Gasteiger partial charge in [-0.25, -0.2) is 0 Å². The van der Waals surface area contributed by atoms with Crippen LogP contribution in [0.15, 0.2) is 54.0 Å². The van der Waals surface area contributed by atoms with Crippen LogP contribution in [0, 0.1) is 0 Å². The number of methoxy groups -OCH3 is 1. The molecule has 0 spiro atoms. The molecule has 1 fully saturated rings. The first-order chi connectivity index (χ1) is 15.0. The van der Waals surface area contributed by atoms with Crippen molar-refractivity contribution in [1.82, 2.24) is 4.90 Å². The molecule has 7 heteroatoms. The Kier molecular flexibility index (Phi) is 7.82. The summed E-state index contributed by atoms with van der Waals surface area (Å²) in [4.78, 5) is 26.4. The number of thioether (sulfide) groups is 1. The van der Waals surface area contributed by atoms with Gasteiger partial charge in [0.2, 0.25) is 0 Å². The van der Waals surface area contributed by atoms with Crippen molar-refractivity contribution in [2.24, 2.45) is 0 Å². The van der Waals surface area contributed by atoms with Crippen molar-refractivity contribution < 1.29 is 19.1 Å². The fraction of sp³-hybridized carbons (Fsp3) is 0.250. The standard InChI is InChI=1S/C24H24ClNO4S/c1-4-6-18-12-17(14-21-23(27)26(11-5-2)24(28)31-21)13-20(29-3)22(18)30-15-16-7-9-19(25)10-8-16/h4,7-10,12-14H,1,5-6,11,15H2,2-3H3/b21-14+. The van der Waals surface area contributed by atoms with Crippen LogP contribution in [0.25, 0.3) is 6.08 Å². The van der Waals surface area contributed by atoms with E-state index in [9.17, 15) is 9.59 Å². The Bertz CT molecular complexity index is 1020. The Hall–Kier alpha value is -2.70. The molecule has 1 saturated heterocycles. The van der Waals surface area contributed by atoms with Gasteiger partial charge in [0, 0.05) is 17.1 Å². The van der Waals surface area contributed by atoms with Gasteiger partial charge in [-0.05, 0) is 66.1 Å². The molecular weight excluding hydrogens is 434 g/mol. The van der Waals surface area contributed by atoms with Gasteiger partial charge in [0.1, 0.15) is 6.61 Å². The molecule has 162 valence electrons. The SMILES string of the molecule is C=CCc1cc(/C=C2/SC(=O)N(CCC)C2=O)cc(OC)c1OCc1ccc(Cl)cc1. The second-order valence-corrected chi connectivity index (χ2v) is 8.38. The maximum atomic E-state index is 12.6. The molecule has 3 rings (SSSR count). The van der Waals surface area contributed by atoms with E-state index < -0.39 is 0 Å². The van der Waals surface area contributed by atoms with E-state index >= 15 is 0 Å². The Balaban J connectivity index is 1.90.